The number of nitrogens with two attached hydrogens (primary N) is 1. The molecule has 0 aliphatic heterocycles. The predicted molar refractivity (Wildman–Crippen MR) is 142 cm³/mol. The summed E-state index contributed by atoms with van der Waals surface area (Å²) in [6, 6.07) is 12.5. The number of nitrogens with one attached hydrogen (secondary N) is 3. The number of hydrogen-bond donors (Lipinski definition) is 4. The third-order valence-corrected chi connectivity index (χ3v) is 5.39. The summed E-state index contributed by atoms with van der Waals surface area (Å²) in [5.74, 6) is 6.34. The van der Waals surface area contributed by atoms with E-state index in [-0.39, 0.29) is 25.7 Å². The molecule has 36 heavy (non-hydrogen) atoms. The Morgan fingerprint density at radius 3 is 2.78 bits per heavy atom. The molecular formula is C23H26Cl2N8O3. The number of ether oxygens (including phenoxy) is 1. The molecule has 0 radical (unpaired) electrons. The van der Waals surface area contributed by atoms with Gasteiger partial charge in [0.1, 0.15) is 23.0 Å². The predicted octanol–water partition coefficient (Wildman–Crippen LogP) is 3.90. The highest BCUT2D eigenvalue weighted by molar-refractivity contribution is 6.32. The fraction of sp³-hybridized carbons (Fsp3) is 0.217. The molecule has 11 nitrogen and oxygen atoms in total. The summed E-state index contributed by atoms with van der Waals surface area (Å²) >= 11 is 12.5. The van der Waals surface area contributed by atoms with Gasteiger partial charge in [-0.15, -0.1) is 5.10 Å². The van der Waals surface area contributed by atoms with Crippen LogP contribution in [-0.2, 0) is 27.3 Å². The molecule has 0 spiro atoms. The molecule has 3 rings (SSSR count). The van der Waals surface area contributed by atoms with Crippen LogP contribution in [0.1, 0.15) is 17.8 Å². The standard InChI is InChI=1S/C23H26Cl2N8O3/c1-27-29-13-33(26)19-9-6-17(24)11-16(19)5-10-21(34)28-12-20-30-22(23(25)31-20)15-3-7-18(8-4-15)32-36-14-35-2/h3-4,6-9,11,13,32H,1,5,10,12,14,26H2,2H3,(H,28,34)(H,30,31)/b29-13-. The first-order valence-corrected chi connectivity index (χ1v) is 11.5. The number of methoxy groups -OCH3 is 1. The lowest BCUT2D eigenvalue weighted by Crippen LogP contribution is -2.30. The van der Waals surface area contributed by atoms with E-state index in [2.05, 4.69) is 37.7 Å². The molecule has 3 aromatic rings. The molecule has 0 saturated heterocycles. The Morgan fingerprint density at radius 2 is 2.06 bits per heavy atom. The quantitative estimate of drug-likeness (QED) is 0.0652. The Balaban J connectivity index is 1.56. The van der Waals surface area contributed by atoms with E-state index >= 15 is 0 Å². The summed E-state index contributed by atoms with van der Waals surface area (Å²) in [6.45, 7) is 3.58. The summed E-state index contributed by atoms with van der Waals surface area (Å²) in [6.07, 6.45) is 1.93. The normalized spacial score (nSPS) is 11.0. The molecule has 0 aliphatic rings. The molecule has 1 aromatic heterocycles. The van der Waals surface area contributed by atoms with E-state index in [9.17, 15) is 4.79 Å². The van der Waals surface area contributed by atoms with Gasteiger partial charge >= 0.3 is 0 Å². The number of carbonyl (C=O) groups is 1. The summed E-state index contributed by atoms with van der Waals surface area (Å²) in [4.78, 5) is 25.1. The zero-order valence-electron chi connectivity index (χ0n) is 19.5. The molecule has 0 fully saturated rings. The number of hydrogen-bond acceptors (Lipinski definition) is 8. The first-order valence-electron chi connectivity index (χ1n) is 10.7. The van der Waals surface area contributed by atoms with E-state index < -0.39 is 0 Å². The van der Waals surface area contributed by atoms with Crippen LogP contribution >= 0.6 is 23.2 Å². The molecular weight excluding hydrogens is 507 g/mol. The van der Waals surface area contributed by atoms with Crippen molar-refractivity contribution in [1.82, 2.24) is 15.3 Å². The molecule has 2 aromatic carbocycles. The van der Waals surface area contributed by atoms with E-state index in [1.54, 1.807) is 18.2 Å². The molecule has 13 heteroatoms. The summed E-state index contributed by atoms with van der Waals surface area (Å²) in [5.41, 5.74) is 6.32. The molecule has 0 atom stereocenters. The first kappa shape index (κ1) is 27.1. The van der Waals surface area contributed by atoms with Crippen molar-refractivity contribution in [2.24, 2.45) is 16.0 Å². The highest BCUT2D eigenvalue weighted by Gasteiger charge is 2.13. The van der Waals surface area contributed by atoms with E-state index in [4.69, 9.17) is 38.6 Å². The number of amides is 1. The SMILES string of the molecule is C=N/N=C\N(N)c1ccc(Cl)cc1CCC(=O)NCc1nc(-c2ccc(NOCOC)cc2)c(Cl)[nH]1. The van der Waals surface area contributed by atoms with Crippen LogP contribution in [0.15, 0.2) is 52.7 Å². The Kier molecular flexibility index (Phi) is 10.2. The summed E-state index contributed by atoms with van der Waals surface area (Å²) < 4.78 is 4.82. The lowest BCUT2D eigenvalue weighted by molar-refractivity contribution is -0.121. The van der Waals surface area contributed by atoms with Crippen LogP contribution in [0, 0.1) is 0 Å². The van der Waals surface area contributed by atoms with Crippen molar-refractivity contribution in [3.63, 3.8) is 0 Å². The van der Waals surface area contributed by atoms with E-state index in [0.29, 0.717) is 33.8 Å². The number of halogens is 2. The fourth-order valence-electron chi connectivity index (χ4n) is 3.22. The fourth-order valence-corrected chi connectivity index (χ4v) is 3.68. The van der Waals surface area contributed by atoms with Crippen LogP contribution < -0.4 is 21.6 Å². The summed E-state index contributed by atoms with van der Waals surface area (Å²) in [7, 11) is 1.54. The second-order valence-corrected chi connectivity index (χ2v) is 8.22. The van der Waals surface area contributed by atoms with Crippen LogP contribution in [0.2, 0.25) is 10.2 Å². The van der Waals surface area contributed by atoms with Crippen molar-refractivity contribution in [3.8, 4) is 11.3 Å². The molecule has 0 unspecified atom stereocenters. The largest absolute Gasteiger partial charge is 0.356 e. The van der Waals surface area contributed by atoms with Gasteiger partial charge in [0.15, 0.2) is 6.79 Å². The van der Waals surface area contributed by atoms with Crippen molar-refractivity contribution < 1.29 is 14.4 Å². The van der Waals surface area contributed by atoms with Crippen LogP contribution in [0.3, 0.4) is 0 Å². The van der Waals surface area contributed by atoms with E-state index in [1.807, 2.05) is 24.3 Å². The maximum absolute atomic E-state index is 12.5. The molecule has 0 aliphatic carbocycles. The summed E-state index contributed by atoms with van der Waals surface area (Å²) in [5, 5.41) is 12.1. The van der Waals surface area contributed by atoms with E-state index in [0.717, 1.165) is 16.8 Å². The second kappa shape index (κ2) is 13.6. The van der Waals surface area contributed by atoms with E-state index in [1.165, 1.54) is 18.5 Å². The van der Waals surface area contributed by atoms with Gasteiger partial charge in [0.25, 0.3) is 0 Å². The Morgan fingerprint density at radius 1 is 1.28 bits per heavy atom. The maximum Gasteiger partial charge on any atom is 0.220 e. The number of benzene rings is 2. The lowest BCUT2D eigenvalue weighted by Gasteiger charge is -2.17. The van der Waals surface area contributed by atoms with Crippen LogP contribution in [0.25, 0.3) is 11.3 Å². The average Bonchev–Trinajstić information content (AvgIpc) is 3.25. The van der Waals surface area contributed by atoms with Crippen molar-refractivity contribution in [3.05, 3.63) is 64.0 Å². The third kappa shape index (κ3) is 7.77. The van der Waals surface area contributed by atoms with Gasteiger partial charge in [0.2, 0.25) is 5.91 Å². The van der Waals surface area contributed by atoms with Gasteiger partial charge in [-0.25, -0.2) is 15.7 Å². The highest BCUT2D eigenvalue weighted by atomic mass is 35.5. The van der Waals surface area contributed by atoms with Gasteiger partial charge < -0.3 is 15.0 Å². The minimum Gasteiger partial charge on any atom is -0.356 e. The minimum absolute atomic E-state index is 0.121. The monoisotopic (exact) mass is 532 g/mol. The number of imidazole rings is 1. The highest BCUT2D eigenvalue weighted by Crippen LogP contribution is 2.27. The van der Waals surface area contributed by atoms with Gasteiger partial charge in [-0.1, -0.05) is 35.3 Å². The number of hydrazine groups is 1. The molecule has 5 N–H and O–H groups in total. The average molecular weight is 533 g/mol. The van der Waals surface area contributed by atoms with Crippen LogP contribution in [0.4, 0.5) is 11.4 Å². The zero-order chi connectivity index (χ0) is 25.9. The number of rotatable bonds is 13. The Hall–Kier alpha value is -3.48. The van der Waals surface area contributed by atoms with Crippen molar-refractivity contribution in [1.29, 1.82) is 0 Å². The topological polar surface area (TPSA) is 142 Å². The number of aromatic amines is 1. The van der Waals surface area contributed by atoms with Crippen LogP contribution in [-0.4, -0.2) is 42.8 Å². The molecule has 0 bridgehead atoms. The Bertz CT molecular complexity index is 1200. The molecule has 1 amide bonds. The lowest BCUT2D eigenvalue weighted by atomic mass is 10.1. The molecule has 0 saturated carbocycles. The smallest absolute Gasteiger partial charge is 0.220 e. The maximum atomic E-state index is 12.5. The van der Waals surface area contributed by atoms with Crippen molar-refractivity contribution in [2.75, 3.05) is 24.4 Å². The number of carbonyl (C=O) groups excluding carboxylic acids is 1. The van der Waals surface area contributed by atoms with Gasteiger partial charge in [0, 0.05) is 30.8 Å². The zero-order valence-corrected chi connectivity index (χ0v) is 21.0. The third-order valence-electron chi connectivity index (χ3n) is 4.89. The van der Waals surface area contributed by atoms with Crippen molar-refractivity contribution >= 4 is 53.5 Å². The first-order chi connectivity index (χ1) is 17.4. The number of aromatic nitrogens is 2. The number of anilines is 2. The number of aryl methyl sites for hydroxylation is 1. The van der Waals surface area contributed by atoms with Gasteiger partial charge in [0.05, 0.1) is 17.9 Å². The van der Waals surface area contributed by atoms with Gasteiger partial charge in [-0.3, -0.25) is 15.3 Å². The number of nitrogens with zero attached hydrogens (tertiary/aromatic N) is 4. The van der Waals surface area contributed by atoms with Gasteiger partial charge in [-0.05, 0) is 42.3 Å². The van der Waals surface area contributed by atoms with Crippen LogP contribution in [0.5, 0.6) is 0 Å². The van der Waals surface area contributed by atoms with Gasteiger partial charge in [-0.2, -0.15) is 5.10 Å². The van der Waals surface area contributed by atoms with Crippen molar-refractivity contribution in [2.45, 2.75) is 19.4 Å². The number of H-pyrrole nitrogens is 1. The minimum atomic E-state index is -0.175. The molecule has 190 valence electrons. The molecule has 1 heterocycles. The Labute approximate surface area is 218 Å². The second-order valence-electron chi connectivity index (χ2n) is 7.41.